The van der Waals surface area contributed by atoms with Gasteiger partial charge in [-0.1, -0.05) is 37.3 Å². The summed E-state index contributed by atoms with van der Waals surface area (Å²) in [7, 11) is 0. The quantitative estimate of drug-likeness (QED) is 0.745. The highest BCUT2D eigenvalue weighted by molar-refractivity contribution is 5.87. The highest BCUT2D eigenvalue weighted by Gasteiger charge is 2.30. The number of likely N-dealkylation sites (tertiary alicyclic amines) is 1. The van der Waals surface area contributed by atoms with Crippen LogP contribution < -0.4 is 5.32 Å². The Hall–Kier alpha value is -2.66. The minimum absolute atomic E-state index is 0.0770. The van der Waals surface area contributed by atoms with E-state index in [2.05, 4.69) is 51.4 Å². The van der Waals surface area contributed by atoms with Gasteiger partial charge in [-0.15, -0.1) is 0 Å². The average molecular weight is 348 g/mol. The van der Waals surface area contributed by atoms with Gasteiger partial charge in [-0.2, -0.15) is 0 Å². The van der Waals surface area contributed by atoms with E-state index < -0.39 is 0 Å². The summed E-state index contributed by atoms with van der Waals surface area (Å²) in [5, 5.41) is 4.25. The number of nitrogens with zero attached hydrogens (tertiary/aromatic N) is 2. The summed E-state index contributed by atoms with van der Waals surface area (Å²) < 4.78 is 0. The van der Waals surface area contributed by atoms with Gasteiger partial charge in [0.05, 0.1) is 6.42 Å². The Labute approximate surface area is 153 Å². The molecule has 5 nitrogen and oxygen atoms in total. The number of hydrogen-bond donors (Lipinski definition) is 2. The van der Waals surface area contributed by atoms with Gasteiger partial charge >= 0.3 is 0 Å². The first-order valence-corrected chi connectivity index (χ1v) is 9.15. The molecule has 2 aromatic heterocycles. The lowest BCUT2D eigenvalue weighted by Gasteiger charge is -2.17. The summed E-state index contributed by atoms with van der Waals surface area (Å²) in [4.78, 5) is 22.4. The summed E-state index contributed by atoms with van der Waals surface area (Å²) in [5.41, 5.74) is 3.15. The van der Waals surface area contributed by atoms with E-state index in [1.54, 1.807) is 6.20 Å². The largest absolute Gasteiger partial charge is 0.351 e. The van der Waals surface area contributed by atoms with Gasteiger partial charge in [0.15, 0.2) is 0 Å². The van der Waals surface area contributed by atoms with Crippen molar-refractivity contribution in [3.05, 3.63) is 66.0 Å². The molecule has 3 heterocycles. The number of rotatable bonds is 5. The molecule has 5 heteroatoms. The van der Waals surface area contributed by atoms with Crippen LogP contribution >= 0.6 is 0 Å². The molecule has 4 rings (SSSR count). The molecule has 2 atom stereocenters. The van der Waals surface area contributed by atoms with Crippen molar-refractivity contribution in [2.45, 2.75) is 25.9 Å². The number of benzene rings is 1. The second-order valence-corrected chi connectivity index (χ2v) is 7.22. The predicted octanol–water partition coefficient (Wildman–Crippen LogP) is 2.74. The van der Waals surface area contributed by atoms with Crippen molar-refractivity contribution < 1.29 is 4.79 Å². The van der Waals surface area contributed by atoms with Gasteiger partial charge in [-0.25, -0.2) is 4.98 Å². The highest BCUT2D eigenvalue weighted by atomic mass is 16.1. The van der Waals surface area contributed by atoms with Crippen molar-refractivity contribution in [3.63, 3.8) is 0 Å². The number of pyridine rings is 1. The average Bonchev–Trinajstić information content (AvgIpc) is 3.20. The maximum Gasteiger partial charge on any atom is 0.224 e. The summed E-state index contributed by atoms with van der Waals surface area (Å²) >= 11 is 0. The van der Waals surface area contributed by atoms with Gasteiger partial charge in [0.2, 0.25) is 5.91 Å². The summed E-state index contributed by atoms with van der Waals surface area (Å²) in [6, 6.07) is 14.6. The van der Waals surface area contributed by atoms with Gasteiger partial charge in [0, 0.05) is 43.5 Å². The van der Waals surface area contributed by atoms with Crippen LogP contribution in [-0.2, 0) is 17.8 Å². The number of hydrogen-bond acceptors (Lipinski definition) is 3. The van der Waals surface area contributed by atoms with Crippen molar-refractivity contribution in [3.8, 4) is 0 Å². The number of aromatic nitrogens is 2. The third-order valence-electron chi connectivity index (χ3n) is 5.17. The molecular formula is C21H24N4O. The van der Waals surface area contributed by atoms with E-state index in [4.69, 9.17) is 0 Å². The van der Waals surface area contributed by atoms with Crippen LogP contribution in [0.1, 0.15) is 18.1 Å². The summed E-state index contributed by atoms with van der Waals surface area (Å²) in [6.45, 7) is 5.06. The third kappa shape index (κ3) is 3.63. The third-order valence-corrected chi connectivity index (χ3v) is 5.17. The van der Waals surface area contributed by atoms with Crippen LogP contribution in [0.2, 0.25) is 0 Å². The Morgan fingerprint density at radius 1 is 1.23 bits per heavy atom. The molecule has 1 aliphatic heterocycles. The van der Waals surface area contributed by atoms with Crippen LogP contribution in [0.4, 0.5) is 0 Å². The molecule has 1 saturated heterocycles. The van der Waals surface area contributed by atoms with Crippen molar-refractivity contribution in [2.75, 3.05) is 13.1 Å². The van der Waals surface area contributed by atoms with Gasteiger partial charge in [-0.3, -0.25) is 9.69 Å². The zero-order valence-corrected chi connectivity index (χ0v) is 15.0. The second kappa shape index (κ2) is 7.30. The number of carbonyl (C=O) groups excluding carboxylic acids is 1. The fraction of sp³-hybridized carbons (Fsp3) is 0.333. The first-order valence-electron chi connectivity index (χ1n) is 9.15. The van der Waals surface area contributed by atoms with E-state index in [-0.39, 0.29) is 11.9 Å². The standard InChI is InChI=1S/C21H24N4O/c1-15-12-25(13-16-6-3-2-4-7-16)14-19(15)24-20(26)10-17-11-23-21-18(17)8-5-9-22-21/h2-9,11,15,19H,10,12-14H2,1H3,(H,22,23)(H,24,26). The Morgan fingerprint density at radius 3 is 2.92 bits per heavy atom. The number of aromatic amines is 1. The fourth-order valence-corrected chi connectivity index (χ4v) is 3.82. The number of carbonyl (C=O) groups is 1. The number of amides is 1. The second-order valence-electron chi connectivity index (χ2n) is 7.22. The molecule has 2 N–H and O–H groups in total. The van der Waals surface area contributed by atoms with Crippen LogP contribution in [0.25, 0.3) is 11.0 Å². The van der Waals surface area contributed by atoms with Gasteiger partial charge in [-0.05, 0) is 29.2 Å². The fourth-order valence-electron chi connectivity index (χ4n) is 3.82. The molecule has 0 radical (unpaired) electrons. The smallest absolute Gasteiger partial charge is 0.224 e. The maximum atomic E-state index is 12.6. The van der Waals surface area contributed by atoms with Crippen LogP contribution in [0.3, 0.4) is 0 Å². The monoisotopic (exact) mass is 348 g/mol. The van der Waals surface area contributed by atoms with E-state index in [0.29, 0.717) is 12.3 Å². The highest BCUT2D eigenvalue weighted by Crippen LogP contribution is 2.20. The van der Waals surface area contributed by atoms with E-state index in [1.807, 2.05) is 24.4 Å². The lowest BCUT2D eigenvalue weighted by Crippen LogP contribution is -2.40. The van der Waals surface area contributed by atoms with Gasteiger partial charge < -0.3 is 10.3 Å². The van der Waals surface area contributed by atoms with E-state index >= 15 is 0 Å². The minimum atomic E-state index is 0.0770. The molecular weight excluding hydrogens is 324 g/mol. The molecule has 0 spiro atoms. The van der Waals surface area contributed by atoms with Gasteiger partial charge in [0.25, 0.3) is 0 Å². The summed E-state index contributed by atoms with van der Waals surface area (Å²) in [6.07, 6.45) is 4.02. The molecule has 26 heavy (non-hydrogen) atoms. The molecule has 0 saturated carbocycles. The normalized spacial score (nSPS) is 20.5. The topological polar surface area (TPSA) is 61.0 Å². The SMILES string of the molecule is CC1CN(Cc2ccccc2)CC1NC(=O)Cc1c[nH]c2ncccc12. The van der Waals surface area contributed by atoms with Crippen LogP contribution in [0, 0.1) is 5.92 Å². The Kier molecular flexibility index (Phi) is 4.71. The lowest BCUT2D eigenvalue weighted by molar-refractivity contribution is -0.121. The Bertz CT molecular complexity index is 889. The zero-order chi connectivity index (χ0) is 17.9. The Morgan fingerprint density at radius 2 is 2.08 bits per heavy atom. The molecule has 1 aromatic carbocycles. The van der Waals surface area contributed by atoms with Crippen molar-refractivity contribution in [1.82, 2.24) is 20.2 Å². The molecule has 0 aliphatic carbocycles. The summed E-state index contributed by atoms with van der Waals surface area (Å²) in [5.74, 6) is 0.528. The Balaban J connectivity index is 1.35. The number of nitrogens with one attached hydrogen (secondary N) is 2. The lowest BCUT2D eigenvalue weighted by atomic mass is 10.1. The predicted molar refractivity (Wildman–Crippen MR) is 103 cm³/mol. The molecule has 134 valence electrons. The van der Waals surface area contributed by atoms with E-state index in [0.717, 1.165) is 36.2 Å². The van der Waals surface area contributed by atoms with Gasteiger partial charge in [0.1, 0.15) is 5.65 Å². The van der Waals surface area contributed by atoms with Crippen molar-refractivity contribution in [1.29, 1.82) is 0 Å². The molecule has 2 unspecified atom stereocenters. The molecule has 1 amide bonds. The van der Waals surface area contributed by atoms with Crippen LogP contribution in [-0.4, -0.2) is 39.9 Å². The maximum absolute atomic E-state index is 12.6. The van der Waals surface area contributed by atoms with Crippen molar-refractivity contribution >= 4 is 16.9 Å². The zero-order valence-electron chi connectivity index (χ0n) is 15.0. The van der Waals surface area contributed by atoms with Crippen LogP contribution in [0.5, 0.6) is 0 Å². The number of fused-ring (bicyclic) bond motifs is 1. The van der Waals surface area contributed by atoms with Crippen molar-refractivity contribution in [2.24, 2.45) is 5.92 Å². The molecule has 3 aromatic rings. The van der Waals surface area contributed by atoms with Crippen LogP contribution in [0.15, 0.2) is 54.9 Å². The number of H-pyrrole nitrogens is 1. The minimum Gasteiger partial charge on any atom is -0.351 e. The van der Waals surface area contributed by atoms with E-state index in [9.17, 15) is 4.79 Å². The molecule has 1 fully saturated rings. The van der Waals surface area contributed by atoms with E-state index in [1.165, 1.54) is 5.56 Å². The first-order chi connectivity index (χ1) is 12.7. The molecule has 1 aliphatic rings. The molecule has 0 bridgehead atoms. The first kappa shape index (κ1) is 16.8.